The number of hydrogen-bond acceptors (Lipinski definition) is 2. The summed E-state index contributed by atoms with van der Waals surface area (Å²) in [6, 6.07) is 0. The minimum Gasteiger partial charge on any atom is -0.315 e. The predicted octanol–water partition coefficient (Wildman–Crippen LogP) is 1.57. The third kappa shape index (κ3) is 2.29. The van der Waals surface area contributed by atoms with Crippen LogP contribution in [0.5, 0.6) is 0 Å². The van der Waals surface area contributed by atoms with Crippen molar-refractivity contribution in [3.63, 3.8) is 0 Å². The van der Waals surface area contributed by atoms with Gasteiger partial charge >= 0.3 is 0 Å². The molecule has 2 aliphatic rings. The Morgan fingerprint density at radius 1 is 1.29 bits per heavy atom. The van der Waals surface area contributed by atoms with E-state index in [2.05, 4.69) is 24.2 Å². The summed E-state index contributed by atoms with van der Waals surface area (Å²) in [5.74, 6) is 3.29. The summed E-state index contributed by atoms with van der Waals surface area (Å²) in [7, 11) is 2.19. The van der Waals surface area contributed by atoms with Crippen molar-refractivity contribution in [2.24, 2.45) is 17.8 Å². The molecule has 2 atom stereocenters. The summed E-state index contributed by atoms with van der Waals surface area (Å²) in [4.78, 5) is 2.36. The number of nitrogens with one attached hydrogen (secondary N) is 1. The molecule has 2 rings (SSSR count). The molecule has 0 saturated heterocycles. The number of hydrogen-bond donors (Lipinski definition) is 1. The van der Waals surface area contributed by atoms with E-state index in [0.717, 1.165) is 24.3 Å². The molecule has 0 amide bonds. The third-order valence-corrected chi connectivity index (χ3v) is 4.17. The van der Waals surface area contributed by atoms with Crippen LogP contribution in [0.25, 0.3) is 0 Å². The lowest BCUT2D eigenvalue weighted by Crippen LogP contribution is -2.30. The molecule has 2 unspecified atom stereocenters. The minimum absolute atomic E-state index is 1.05. The van der Waals surface area contributed by atoms with Gasteiger partial charge in [-0.25, -0.2) is 0 Å². The maximum Gasteiger partial charge on any atom is 0.0104 e. The highest BCUT2D eigenvalue weighted by atomic mass is 15.1. The van der Waals surface area contributed by atoms with Crippen molar-refractivity contribution in [2.75, 3.05) is 33.2 Å². The fourth-order valence-corrected chi connectivity index (χ4v) is 2.97. The van der Waals surface area contributed by atoms with Crippen molar-refractivity contribution < 1.29 is 0 Å². The molecule has 0 spiro atoms. The van der Waals surface area contributed by atoms with Crippen LogP contribution in [0.1, 0.15) is 26.2 Å². The van der Waals surface area contributed by atoms with E-state index in [-0.39, 0.29) is 0 Å². The van der Waals surface area contributed by atoms with E-state index in [1.165, 1.54) is 38.9 Å². The Labute approximate surface area is 88.1 Å². The molecule has 0 aromatic carbocycles. The maximum atomic E-state index is 3.60. The second-order valence-corrected chi connectivity index (χ2v) is 5.02. The molecular weight excluding hydrogens is 172 g/mol. The molecule has 2 nitrogen and oxygen atoms in total. The van der Waals surface area contributed by atoms with E-state index < -0.39 is 0 Å². The molecular formula is C12H24N2. The van der Waals surface area contributed by atoms with Crippen LogP contribution < -0.4 is 5.32 Å². The van der Waals surface area contributed by atoms with Crippen LogP contribution in [0, 0.1) is 17.8 Å². The van der Waals surface area contributed by atoms with Crippen LogP contribution in [-0.2, 0) is 0 Å². The van der Waals surface area contributed by atoms with Gasteiger partial charge in [-0.2, -0.15) is 0 Å². The quantitative estimate of drug-likeness (QED) is 0.649. The highest BCUT2D eigenvalue weighted by Crippen LogP contribution is 2.56. The number of rotatable bonds is 6. The zero-order valence-corrected chi connectivity index (χ0v) is 9.63. The lowest BCUT2D eigenvalue weighted by atomic mass is 10.1. The predicted molar refractivity (Wildman–Crippen MR) is 60.4 cm³/mol. The van der Waals surface area contributed by atoms with E-state index in [0.29, 0.717) is 0 Å². The molecule has 2 heteroatoms. The van der Waals surface area contributed by atoms with Crippen LogP contribution in [0.4, 0.5) is 0 Å². The largest absolute Gasteiger partial charge is 0.315 e. The highest BCUT2D eigenvalue weighted by Gasteiger charge is 2.51. The second-order valence-electron chi connectivity index (χ2n) is 5.02. The van der Waals surface area contributed by atoms with E-state index in [9.17, 15) is 0 Å². The fourth-order valence-electron chi connectivity index (χ4n) is 2.97. The van der Waals surface area contributed by atoms with Crippen LogP contribution in [0.2, 0.25) is 0 Å². The van der Waals surface area contributed by atoms with E-state index in [1.54, 1.807) is 0 Å². The summed E-state index contributed by atoms with van der Waals surface area (Å²) in [5, 5.41) is 3.60. The fraction of sp³-hybridized carbons (Fsp3) is 1.00. The molecule has 14 heavy (non-hydrogen) atoms. The van der Waals surface area contributed by atoms with Crippen LogP contribution in [-0.4, -0.2) is 38.1 Å². The van der Waals surface area contributed by atoms with Crippen LogP contribution >= 0.6 is 0 Å². The van der Waals surface area contributed by atoms with Gasteiger partial charge in [0.25, 0.3) is 0 Å². The smallest absolute Gasteiger partial charge is 0.0104 e. The number of nitrogens with zero attached hydrogens (tertiary/aromatic N) is 1. The van der Waals surface area contributed by atoms with Gasteiger partial charge in [0.05, 0.1) is 0 Å². The molecule has 2 fully saturated rings. The average molecular weight is 196 g/mol. The monoisotopic (exact) mass is 196 g/mol. The van der Waals surface area contributed by atoms with Gasteiger partial charge in [0.15, 0.2) is 0 Å². The molecule has 0 radical (unpaired) electrons. The minimum atomic E-state index is 1.05. The Kier molecular flexibility index (Phi) is 3.45. The van der Waals surface area contributed by atoms with Gasteiger partial charge in [-0.15, -0.1) is 0 Å². The summed E-state index contributed by atoms with van der Waals surface area (Å²) in [6.07, 6.45) is 4.54. The summed E-state index contributed by atoms with van der Waals surface area (Å²) in [5.41, 5.74) is 0. The highest BCUT2D eigenvalue weighted by molar-refractivity contribution is 5.01. The van der Waals surface area contributed by atoms with Crippen molar-refractivity contribution >= 4 is 0 Å². The Morgan fingerprint density at radius 2 is 2.00 bits per heavy atom. The average Bonchev–Trinajstić information content (AvgIpc) is 2.63. The summed E-state index contributed by atoms with van der Waals surface area (Å²) in [6.45, 7) is 7.02. The first kappa shape index (κ1) is 10.4. The molecule has 0 bridgehead atoms. The second kappa shape index (κ2) is 4.63. The van der Waals surface area contributed by atoms with E-state index in [1.807, 2.05) is 0 Å². The Morgan fingerprint density at radius 3 is 2.64 bits per heavy atom. The van der Waals surface area contributed by atoms with Crippen molar-refractivity contribution in [3.05, 3.63) is 0 Å². The molecule has 2 saturated carbocycles. The SMILES string of the molecule is CCN(C)CCNCC1C2CCCC21. The van der Waals surface area contributed by atoms with E-state index >= 15 is 0 Å². The Balaban J connectivity index is 1.48. The normalized spacial score (nSPS) is 34.9. The molecule has 0 aromatic rings. The lowest BCUT2D eigenvalue weighted by molar-refractivity contribution is 0.346. The van der Waals surface area contributed by atoms with Crippen molar-refractivity contribution in [1.82, 2.24) is 10.2 Å². The van der Waals surface area contributed by atoms with E-state index in [4.69, 9.17) is 0 Å². The summed E-state index contributed by atoms with van der Waals surface area (Å²) >= 11 is 0. The van der Waals surface area contributed by atoms with Crippen molar-refractivity contribution in [3.8, 4) is 0 Å². The number of fused-ring (bicyclic) bond motifs is 1. The topological polar surface area (TPSA) is 15.3 Å². The van der Waals surface area contributed by atoms with Gasteiger partial charge in [-0.05, 0) is 50.7 Å². The molecule has 1 N–H and O–H groups in total. The van der Waals surface area contributed by atoms with Crippen LogP contribution in [0.3, 0.4) is 0 Å². The zero-order chi connectivity index (χ0) is 9.97. The third-order valence-electron chi connectivity index (χ3n) is 4.17. The van der Waals surface area contributed by atoms with Gasteiger partial charge in [0, 0.05) is 13.1 Å². The molecule has 82 valence electrons. The van der Waals surface area contributed by atoms with Crippen LogP contribution in [0.15, 0.2) is 0 Å². The standard InChI is InChI=1S/C12H24N2/c1-3-14(2)8-7-13-9-12-10-5-4-6-11(10)12/h10-13H,3-9H2,1-2H3. The van der Waals surface area contributed by atoms with Gasteiger partial charge in [0.1, 0.15) is 0 Å². The molecule has 0 heterocycles. The van der Waals surface area contributed by atoms with Gasteiger partial charge in [0.2, 0.25) is 0 Å². The Bertz CT molecular complexity index is 171. The first-order valence-corrected chi connectivity index (χ1v) is 6.22. The Hall–Kier alpha value is -0.0800. The molecule has 0 aliphatic heterocycles. The molecule has 2 aliphatic carbocycles. The lowest BCUT2D eigenvalue weighted by Gasteiger charge is -2.14. The van der Waals surface area contributed by atoms with Gasteiger partial charge < -0.3 is 10.2 Å². The summed E-state index contributed by atoms with van der Waals surface area (Å²) < 4.78 is 0. The van der Waals surface area contributed by atoms with Crippen molar-refractivity contribution in [2.45, 2.75) is 26.2 Å². The molecule has 0 aromatic heterocycles. The zero-order valence-electron chi connectivity index (χ0n) is 9.63. The number of likely N-dealkylation sites (N-methyl/N-ethyl adjacent to an activating group) is 1. The first-order valence-electron chi connectivity index (χ1n) is 6.22. The van der Waals surface area contributed by atoms with Gasteiger partial charge in [-0.3, -0.25) is 0 Å². The first-order chi connectivity index (χ1) is 6.83. The van der Waals surface area contributed by atoms with Crippen molar-refractivity contribution in [1.29, 1.82) is 0 Å². The maximum absolute atomic E-state index is 3.60. The van der Waals surface area contributed by atoms with Gasteiger partial charge in [-0.1, -0.05) is 13.3 Å².